The molecule has 0 amide bonds. The Bertz CT molecular complexity index is 465. The van der Waals surface area contributed by atoms with Gasteiger partial charge in [-0.25, -0.2) is 0 Å². The van der Waals surface area contributed by atoms with Crippen LogP contribution in [-0.2, 0) is 12.8 Å². The molecule has 1 heterocycles. The van der Waals surface area contributed by atoms with Crippen LogP contribution in [0.1, 0.15) is 11.1 Å². The molecule has 0 saturated heterocycles. The molecule has 0 fully saturated rings. The summed E-state index contributed by atoms with van der Waals surface area (Å²) in [7, 11) is 0. The number of aliphatic hydroxyl groups is 1. The molecule has 0 unspecified atom stereocenters. The molecule has 1 aliphatic carbocycles. The number of fused-ring (bicyclic) bond motifs is 2. The minimum Gasteiger partial charge on any atom is -0.396 e. The minimum absolute atomic E-state index is 0.270. The highest BCUT2D eigenvalue weighted by atomic mass is 16.3. The molecule has 15 heavy (non-hydrogen) atoms. The van der Waals surface area contributed by atoms with Gasteiger partial charge in [-0.05, 0) is 42.0 Å². The molecule has 0 atom stereocenters. The number of hydrogen-bond acceptors (Lipinski definition) is 3. The van der Waals surface area contributed by atoms with E-state index in [4.69, 9.17) is 5.11 Å². The van der Waals surface area contributed by atoms with E-state index in [1.165, 1.54) is 11.1 Å². The van der Waals surface area contributed by atoms with Gasteiger partial charge in [0.1, 0.15) is 0 Å². The monoisotopic (exact) mass is 200 g/mol. The van der Waals surface area contributed by atoms with Crippen LogP contribution in [0.5, 0.6) is 0 Å². The Kier molecular flexibility index (Phi) is 1.92. The molecule has 0 radical (unpaired) electrons. The summed E-state index contributed by atoms with van der Waals surface area (Å²) >= 11 is 0. The Labute approximate surface area is 87.8 Å². The third kappa shape index (κ3) is 1.39. The fourth-order valence-corrected chi connectivity index (χ4v) is 2.30. The van der Waals surface area contributed by atoms with Crippen LogP contribution in [-0.4, -0.2) is 21.7 Å². The first-order valence-electron chi connectivity index (χ1n) is 5.20. The van der Waals surface area contributed by atoms with Gasteiger partial charge >= 0.3 is 0 Å². The van der Waals surface area contributed by atoms with Crippen molar-refractivity contribution in [2.24, 2.45) is 5.92 Å². The SMILES string of the molecule is OCC1Cc2cc3nccnc3cc2C1. The molecule has 1 aromatic carbocycles. The molecule has 76 valence electrons. The van der Waals surface area contributed by atoms with Crippen LogP contribution >= 0.6 is 0 Å². The summed E-state index contributed by atoms with van der Waals surface area (Å²) < 4.78 is 0. The zero-order valence-electron chi connectivity index (χ0n) is 8.35. The van der Waals surface area contributed by atoms with E-state index in [-0.39, 0.29) is 6.61 Å². The van der Waals surface area contributed by atoms with Gasteiger partial charge in [0, 0.05) is 19.0 Å². The van der Waals surface area contributed by atoms with Crippen LogP contribution in [0, 0.1) is 5.92 Å². The smallest absolute Gasteiger partial charge is 0.0889 e. The second-order valence-electron chi connectivity index (χ2n) is 4.12. The molecule has 3 rings (SSSR count). The van der Waals surface area contributed by atoms with Crippen molar-refractivity contribution in [3.8, 4) is 0 Å². The summed E-state index contributed by atoms with van der Waals surface area (Å²) in [5.74, 6) is 0.386. The number of nitrogens with zero attached hydrogens (tertiary/aromatic N) is 2. The van der Waals surface area contributed by atoms with Crippen molar-refractivity contribution in [3.05, 3.63) is 35.7 Å². The van der Waals surface area contributed by atoms with E-state index in [0.29, 0.717) is 5.92 Å². The van der Waals surface area contributed by atoms with E-state index in [1.807, 2.05) is 0 Å². The lowest BCUT2D eigenvalue weighted by Gasteiger charge is -2.00. The summed E-state index contributed by atoms with van der Waals surface area (Å²) in [6.07, 6.45) is 5.37. The van der Waals surface area contributed by atoms with Gasteiger partial charge in [0.25, 0.3) is 0 Å². The fourth-order valence-electron chi connectivity index (χ4n) is 2.30. The van der Waals surface area contributed by atoms with Gasteiger partial charge in [-0.3, -0.25) is 9.97 Å². The third-order valence-electron chi connectivity index (χ3n) is 3.07. The highest BCUT2D eigenvalue weighted by Crippen LogP contribution is 2.28. The average Bonchev–Trinajstić information content (AvgIpc) is 2.67. The van der Waals surface area contributed by atoms with Gasteiger partial charge in [-0.15, -0.1) is 0 Å². The molecule has 3 heteroatoms. The van der Waals surface area contributed by atoms with Gasteiger partial charge in [-0.2, -0.15) is 0 Å². The minimum atomic E-state index is 0.270. The Morgan fingerprint density at radius 1 is 1.07 bits per heavy atom. The third-order valence-corrected chi connectivity index (χ3v) is 3.07. The molecule has 1 aromatic heterocycles. The van der Waals surface area contributed by atoms with Crippen molar-refractivity contribution in [2.45, 2.75) is 12.8 Å². The topological polar surface area (TPSA) is 46.0 Å². The number of hydrogen-bond donors (Lipinski definition) is 1. The second kappa shape index (κ2) is 3.28. The lowest BCUT2D eigenvalue weighted by Crippen LogP contribution is -2.04. The van der Waals surface area contributed by atoms with Gasteiger partial charge in [0.2, 0.25) is 0 Å². The molecule has 0 spiro atoms. The van der Waals surface area contributed by atoms with Crippen LogP contribution in [0.3, 0.4) is 0 Å². The normalized spacial score (nSPS) is 15.8. The molecular weight excluding hydrogens is 188 g/mol. The first-order chi connectivity index (χ1) is 7.36. The van der Waals surface area contributed by atoms with Crippen molar-refractivity contribution in [3.63, 3.8) is 0 Å². The van der Waals surface area contributed by atoms with E-state index in [1.54, 1.807) is 12.4 Å². The summed E-state index contributed by atoms with van der Waals surface area (Å²) in [5.41, 5.74) is 4.55. The molecule has 0 aliphatic heterocycles. The van der Waals surface area contributed by atoms with Gasteiger partial charge in [-0.1, -0.05) is 0 Å². The van der Waals surface area contributed by atoms with Crippen LogP contribution < -0.4 is 0 Å². The highest BCUT2D eigenvalue weighted by molar-refractivity contribution is 5.76. The molecular formula is C12H12N2O. The number of aromatic nitrogens is 2. The number of aliphatic hydroxyl groups excluding tert-OH is 1. The van der Waals surface area contributed by atoms with Crippen molar-refractivity contribution in [1.29, 1.82) is 0 Å². The lowest BCUT2D eigenvalue weighted by atomic mass is 10.1. The van der Waals surface area contributed by atoms with E-state index < -0.39 is 0 Å². The van der Waals surface area contributed by atoms with E-state index in [0.717, 1.165) is 23.9 Å². The maximum absolute atomic E-state index is 9.14. The van der Waals surface area contributed by atoms with Gasteiger partial charge in [0.05, 0.1) is 11.0 Å². The summed E-state index contributed by atoms with van der Waals surface area (Å²) in [6, 6.07) is 4.21. The molecule has 0 bridgehead atoms. The Balaban J connectivity index is 2.14. The quantitative estimate of drug-likeness (QED) is 0.755. The van der Waals surface area contributed by atoms with E-state index in [9.17, 15) is 0 Å². The van der Waals surface area contributed by atoms with Crippen molar-refractivity contribution in [1.82, 2.24) is 9.97 Å². The van der Waals surface area contributed by atoms with Gasteiger partial charge in [0.15, 0.2) is 0 Å². The highest BCUT2D eigenvalue weighted by Gasteiger charge is 2.21. The lowest BCUT2D eigenvalue weighted by molar-refractivity contribution is 0.232. The number of benzene rings is 1. The molecule has 0 saturated carbocycles. The van der Waals surface area contributed by atoms with Crippen molar-refractivity contribution in [2.75, 3.05) is 6.61 Å². The van der Waals surface area contributed by atoms with Crippen LogP contribution in [0.4, 0.5) is 0 Å². The van der Waals surface area contributed by atoms with Crippen LogP contribution in [0.2, 0.25) is 0 Å². The average molecular weight is 200 g/mol. The van der Waals surface area contributed by atoms with Crippen LogP contribution in [0.25, 0.3) is 11.0 Å². The predicted molar refractivity (Wildman–Crippen MR) is 57.5 cm³/mol. The van der Waals surface area contributed by atoms with Gasteiger partial charge < -0.3 is 5.11 Å². The molecule has 1 aliphatic rings. The summed E-state index contributed by atoms with van der Waals surface area (Å²) in [5, 5.41) is 9.14. The second-order valence-corrected chi connectivity index (χ2v) is 4.12. The molecule has 1 N–H and O–H groups in total. The number of rotatable bonds is 1. The standard InChI is InChI=1S/C12H12N2O/c15-7-8-3-9-5-11-12(6-10(9)4-8)14-2-1-13-11/h1-2,5-6,8,15H,3-4,7H2. The zero-order chi connectivity index (χ0) is 10.3. The first kappa shape index (κ1) is 8.80. The Hall–Kier alpha value is -1.48. The summed E-state index contributed by atoms with van der Waals surface area (Å²) in [4.78, 5) is 8.57. The molecule has 2 aromatic rings. The fraction of sp³-hybridized carbons (Fsp3) is 0.333. The largest absolute Gasteiger partial charge is 0.396 e. The Morgan fingerprint density at radius 3 is 2.07 bits per heavy atom. The Morgan fingerprint density at radius 2 is 1.60 bits per heavy atom. The maximum atomic E-state index is 9.14. The predicted octanol–water partition coefficient (Wildman–Crippen LogP) is 1.34. The summed E-state index contributed by atoms with van der Waals surface area (Å²) in [6.45, 7) is 0.270. The van der Waals surface area contributed by atoms with E-state index >= 15 is 0 Å². The maximum Gasteiger partial charge on any atom is 0.0889 e. The van der Waals surface area contributed by atoms with E-state index in [2.05, 4.69) is 22.1 Å². The first-order valence-corrected chi connectivity index (χ1v) is 5.20. The zero-order valence-corrected chi connectivity index (χ0v) is 8.35. The molecule has 3 nitrogen and oxygen atoms in total. The van der Waals surface area contributed by atoms with Crippen molar-refractivity contribution < 1.29 is 5.11 Å². The van der Waals surface area contributed by atoms with Crippen molar-refractivity contribution >= 4 is 11.0 Å². The van der Waals surface area contributed by atoms with Crippen LogP contribution in [0.15, 0.2) is 24.5 Å².